The highest BCUT2D eigenvalue weighted by Gasteiger charge is 2.40. The third kappa shape index (κ3) is 7.80. The van der Waals surface area contributed by atoms with Crippen LogP contribution in [-0.2, 0) is 16.1 Å². The minimum Gasteiger partial charge on any atom is -0.490 e. The second-order valence-electron chi connectivity index (χ2n) is 10.9. The van der Waals surface area contributed by atoms with E-state index in [9.17, 15) is 14.7 Å². The van der Waals surface area contributed by atoms with E-state index >= 15 is 0 Å². The number of thiazole rings is 1. The number of carbonyl (C=O) groups excluding carboxylic acids is 2. The van der Waals surface area contributed by atoms with Gasteiger partial charge >= 0.3 is 0 Å². The molecule has 1 aromatic carbocycles. The molecule has 2 amide bonds. The SMILES string of the molecule is CC.Cc1ncsc1-c1ccc(CNC(=O)C2CC(O)CN2C(=O)C(C)C(C)C)c(OC2CCN(C)CC2)c1. The molecule has 0 bridgehead atoms. The number of ether oxygens (including phenoxy) is 1. The van der Waals surface area contributed by atoms with Gasteiger partial charge in [0.2, 0.25) is 11.8 Å². The van der Waals surface area contributed by atoms with Gasteiger partial charge in [-0.25, -0.2) is 4.98 Å². The largest absolute Gasteiger partial charge is 0.490 e. The van der Waals surface area contributed by atoms with Crippen LogP contribution in [0.4, 0.5) is 0 Å². The minimum absolute atomic E-state index is 0.0812. The van der Waals surface area contributed by atoms with E-state index in [1.54, 1.807) is 16.2 Å². The number of piperidine rings is 1. The van der Waals surface area contributed by atoms with Gasteiger partial charge in [0.15, 0.2) is 0 Å². The Morgan fingerprint density at radius 1 is 1.21 bits per heavy atom. The lowest BCUT2D eigenvalue weighted by Crippen LogP contribution is -2.48. The maximum absolute atomic E-state index is 13.2. The molecule has 2 aliphatic heterocycles. The molecule has 2 saturated heterocycles. The van der Waals surface area contributed by atoms with Crippen molar-refractivity contribution >= 4 is 23.2 Å². The van der Waals surface area contributed by atoms with E-state index in [2.05, 4.69) is 28.3 Å². The highest BCUT2D eigenvalue weighted by molar-refractivity contribution is 7.13. The number of amides is 2. The molecule has 0 spiro atoms. The highest BCUT2D eigenvalue weighted by Crippen LogP contribution is 2.33. The standard InChI is InChI=1S/C28H40N4O4S.C2H6/c1-17(2)18(3)28(35)32-15-22(33)13-24(32)27(34)29-14-21-7-6-20(26-19(4)30-16-37-26)12-25(21)36-23-8-10-31(5)11-9-23;1-2/h6-7,12,16-18,22-24,33H,8-11,13-15H2,1-5H3,(H,29,34);1-2H3. The number of likely N-dealkylation sites (tertiary alicyclic amines) is 2. The monoisotopic (exact) mass is 558 g/mol. The van der Waals surface area contributed by atoms with Gasteiger partial charge in [-0.15, -0.1) is 11.3 Å². The van der Waals surface area contributed by atoms with Gasteiger partial charge in [0, 0.05) is 44.1 Å². The molecule has 216 valence electrons. The summed E-state index contributed by atoms with van der Waals surface area (Å²) in [6.07, 6.45) is 1.60. The number of carbonyl (C=O) groups is 2. The van der Waals surface area contributed by atoms with Crippen LogP contribution in [0.2, 0.25) is 0 Å². The van der Waals surface area contributed by atoms with Gasteiger partial charge in [0.25, 0.3) is 0 Å². The zero-order valence-electron chi connectivity index (χ0n) is 24.6. The molecule has 2 fully saturated rings. The van der Waals surface area contributed by atoms with E-state index in [1.165, 1.54) is 0 Å². The van der Waals surface area contributed by atoms with Crippen molar-refractivity contribution in [2.75, 3.05) is 26.7 Å². The molecule has 3 heterocycles. The smallest absolute Gasteiger partial charge is 0.243 e. The molecule has 2 aliphatic rings. The first-order chi connectivity index (χ1) is 18.6. The number of aliphatic hydroxyl groups is 1. The third-order valence-electron chi connectivity index (χ3n) is 7.74. The summed E-state index contributed by atoms with van der Waals surface area (Å²) < 4.78 is 6.51. The van der Waals surface area contributed by atoms with Crippen LogP contribution in [0.15, 0.2) is 23.7 Å². The van der Waals surface area contributed by atoms with Gasteiger partial charge in [0.05, 0.1) is 22.2 Å². The molecule has 2 aromatic rings. The first kappa shape index (κ1) is 31.0. The van der Waals surface area contributed by atoms with Gasteiger partial charge in [-0.3, -0.25) is 9.59 Å². The van der Waals surface area contributed by atoms with E-state index < -0.39 is 12.1 Å². The van der Waals surface area contributed by atoms with E-state index in [-0.39, 0.29) is 49.3 Å². The maximum Gasteiger partial charge on any atom is 0.243 e. The predicted octanol–water partition coefficient (Wildman–Crippen LogP) is 4.49. The number of rotatable bonds is 8. The number of hydrogen-bond acceptors (Lipinski definition) is 7. The van der Waals surface area contributed by atoms with Crippen molar-refractivity contribution in [3.63, 3.8) is 0 Å². The second-order valence-corrected chi connectivity index (χ2v) is 11.7. The van der Waals surface area contributed by atoms with Crippen molar-refractivity contribution in [3.8, 4) is 16.2 Å². The quantitative estimate of drug-likeness (QED) is 0.496. The number of β-amino-alcohol motifs (C(OH)–C–C–N with tert-alkyl or cyclic N) is 1. The Morgan fingerprint density at radius 3 is 2.51 bits per heavy atom. The molecular weight excluding hydrogens is 512 g/mol. The summed E-state index contributed by atoms with van der Waals surface area (Å²) in [7, 11) is 2.13. The van der Waals surface area contributed by atoms with Gasteiger partial charge in [-0.2, -0.15) is 0 Å². The molecule has 2 N–H and O–H groups in total. The third-order valence-corrected chi connectivity index (χ3v) is 8.72. The van der Waals surface area contributed by atoms with Crippen LogP contribution in [0.5, 0.6) is 5.75 Å². The Bertz CT molecular complexity index is 1100. The highest BCUT2D eigenvalue weighted by atomic mass is 32.1. The Balaban J connectivity index is 0.00000205. The van der Waals surface area contributed by atoms with Crippen LogP contribution in [0.3, 0.4) is 0 Å². The van der Waals surface area contributed by atoms with Gasteiger partial charge in [-0.1, -0.05) is 46.8 Å². The summed E-state index contributed by atoms with van der Waals surface area (Å²) in [6.45, 7) is 14.3. The zero-order valence-corrected chi connectivity index (χ0v) is 25.4. The fraction of sp³-hybridized carbons (Fsp3) is 0.633. The van der Waals surface area contributed by atoms with Crippen LogP contribution in [0.1, 0.15) is 65.1 Å². The maximum atomic E-state index is 13.2. The van der Waals surface area contributed by atoms with Crippen LogP contribution in [0, 0.1) is 18.8 Å². The molecular formula is C30H46N4O4S. The lowest BCUT2D eigenvalue weighted by Gasteiger charge is -2.30. The fourth-order valence-electron chi connectivity index (χ4n) is 4.97. The molecule has 1 aromatic heterocycles. The predicted molar refractivity (Wildman–Crippen MR) is 157 cm³/mol. The molecule has 3 atom stereocenters. The fourth-order valence-corrected chi connectivity index (χ4v) is 5.77. The number of hydrogen-bond donors (Lipinski definition) is 2. The molecule has 4 rings (SSSR count). The topological polar surface area (TPSA) is 95.0 Å². The van der Waals surface area contributed by atoms with Crippen LogP contribution in [-0.4, -0.2) is 76.6 Å². The summed E-state index contributed by atoms with van der Waals surface area (Å²) in [5, 5.41) is 13.3. The van der Waals surface area contributed by atoms with Gasteiger partial charge in [-0.05, 0) is 44.4 Å². The van der Waals surface area contributed by atoms with E-state index in [4.69, 9.17) is 4.74 Å². The van der Waals surface area contributed by atoms with Crippen molar-refractivity contribution in [1.29, 1.82) is 0 Å². The van der Waals surface area contributed by atoms with Crippen molar-refractivity contribution in [2.24, 2.45) is 11.8 Å². The van der Waals surface area contributed by atoms with Crippen LogP contribution >= 0.6 is 11.3 Å². The Kier molecular flexibility index (Phi) is 11.3. The Hall–Kier alpha value is -2.49. The molecule has 0 radical (unpaired) electrons. The summed E-state index contributed by atoms with van der Waals surface area (Å²) >= 11 is 1.60. The van der Waals surface area contributed by atoms with Crippen molar-refractivity contribution < 1.29 is 19.4 Å². The number of aliphatic hydroxyl groups excluding tert-OH is 1. The molecule has 0 saturated carbocycles. The summed E-state index contributed by atoms with van der Waals surface area (Å²) in [6, 6.07) is 5.44. The van der Waals surface area contributed by atoms with E-state index in [0.717, 1.165) is 53.4 Å². The average Bonchev–Trinajstić information content (AvgIpc) is 3.54. The average molecular weight is 559 g/mol. The number of nitrogens with zero attached hydrogens (tertiary/aromatic N) is 3. The molecule has 3 unspecified atom stereocenters. The number of aryl methyl sites for hydroxylation is 1. The van der Waals surface area contributed by atoms with Crippen LogP contribution in [0.25, 0.3) is 10.4 Å². The number of aromatic nitrogens is 1. The lowest BCUT2D eigenvalue weighted by molar-refractivity contribution is -0.142. The molecule has 0 aliphatic carbocycles. The summed E-state index contributed by atoms with van der Waals surface area (Å²) in [4.78, 5) is 35.6. The van der Waals surface area contributed by atoms with Crippen molar-refractivity contribution in [2.45, 2.75) is 85.6 Å². The number of benzene rings is 1. The zero-order chi connectivity index (χ0) is 28.7. The minimum atomic E-state index is -0.690. The molecule has 9 heteroatoms. The first-order valence-corrected chi connectivity index (χ1v) is 15.2. The summed E-state index contributed by atoms with van der Waals surface area (Å²) in [5.74, 6) is 0.399. The van der Waals surface area contributed by atoms with Crippen molar-refractivity contribution in [1.82, 2.24) is 20.1 Å². The Morgan fingerprint density at radius 2 is 1.90 bits per heavy atom. The summed E-state index contributed by atoms with van der Waals surface area (Å²) in [5.41, 5.74) is 4.78. The lowest BCUT2D eigenvalue weighted by atomic mass is 9.96. The Labute approximate surface area is 237 Å². The molecule has 39 heavy (non-hydrogen) atoms. The van der Waals surface area contributed by atoms with Crippen molar-refractivity contribution in [3.05, 3.63) is 35.0 Å². The van der Waals surface area contributed by atoms with Gasteiger partial charge in [0.1, 0.15) is 17.9 Å². The van der Waals surface area contributed by atoms with E-state index in [1.807, 2.05) is 59.2 Å². The van der Waals surface area contributed by atoms with Gasteiger partial charge < -0.3 is 25.0 Å². The first-order valence-electron chi connectivity index (χ1n) is 14.3. The molecule has 8 nitrogen and oxygen atoms in total. The van der Waals surface area contributed by atoms with Crippen LogP contribution < -0.4 is 10.1 Å². The van der Waals surface area contributed by atoms with E-state index in [0.29, 0.717) is 0 Å². The number of nitrogens with one attached hydrogen (secondary N) is 1. The second kappa shape index (κ2) is 14.2. The normalized spacial score (nSPS) is 20.9.